The first-order valence-electron chi connectivity index (χ1n) is 14.8. The number of carbonyl (C=O) groups is 2. The van der Waals surface area contributed by atoms with E-state index in [1.165, 1.54) is 13.2 Å². The van der Waals surface area contributed by atoms with Crippen molar-refractivity contribution in [2.24, 2.45) is 0 Å². The molecule has 2 amide bonds. The first-order valence-corrected chi connectivity index (χ1v) is 14.8. The zero-order valence-corrected chi connectivity index (χ0v) is 25.1. The lowest BCUT2D eigenvalue weighted by molar-refractivity contribution is -0.122. The molecule has 3 aromatic heterocycles. The maximum Gasteiger partial charge on any atom is 0.251 e. The highest BCUT2D eigenvalue weighted by Crippen LogP contribution is 2.29. The third-order valence-corrected chi connectivity index (χ3v) is 8.18. The fraction of sp³-hybridized carbons (Fsp3) is 0.265. The van der Waals surface area contributed by atoms with Crippen LogP contribution in [0.1, 0.15) is 35.3 Å². The number of hydrogen-bond acceptors (Lipinski definition) is 7. The summed E-state index contributed by atoms with van der Waals surface area (Å²) in [6.45, 7) is 2.41. The van der Waals surface area contributed by atoms with Crippen LogP contribution < -0.4 is 10.6 Å². The second kappa shape index (κ2) is 13.2. The van der Waals surface area contributed by atoms with Gasteiger partial charge in [-0.2, -0.15) is 5.10 Å². The Morgan fingerprint density at radius 1 is 1.11 bits per heavy atom. The quantitative estimate of drug-likeness (QED) is 0.250. The van der Waals surface area contributed by atoms with Crippen LogP contribution in [0.3, 0.4) is 0 Å². The van der Waals surface area contributed by atoms with Gasteiger partial charge in [-0.1, -0.05) is 12.2 Å². The number of benzene rings is 1. The monoisotopic (exact) mass is 607 g/mol. The van der Waals surface area contributed by atoms with E-state index in [2.05, 4.69) is 30.8 Å². The number of methoxy groups -OCH3 is 1. The number of piperidine rings is 1. The summed E-state index contributed by atoms with van der Waals surface area (Å²) >= 11 is 0. The smallest absolute Gasteiger partial charge is 0.251 e. The number of fused-ring (bicyclic) bond motifs is 1. The Hall–Kier alpha value is -5.16. The van der Waals surface area contributed by atoms with E-state index in [0.29, 0.717) is 48.4 Å². The average Bonchev–Trinajstić information content (AvgIpc) is 3.39. The van der Waals surface area contributed by atoms with Gasteiger partial charge in [-0.25, -0.2) is 4.39 Å². The number of amides is 2. The molecule has 0 radical (unpaired) electrons. The molecule has 0 spiro atoms. The summed E-state index contributed by atoms with van der Waals surface area (Å²) in [5, 5.41) is 14.5. The number of anilines is 1. The number of carbonyl (C=O) groups excluding carboxylic acids is 2. The molecule has 3 N–H and O–H groups in total. The van der Waals surface area contributed by atoms with Crippen LogP contribution in [-0.4, -0.2) is 69.2 Å². The first-order chi connectivity index (χ1) is 21.9. The second-order valence-electron chi connectivity index (χ2n) is 11.2. The molecule has 230 valence electrons. The highest BCUT2D eigenvalue weighted by molar-refractivity contribution is 6.01. The predicted octanol–water partition coefficient (Wildman–Crippen LogP) is 5.24. The van der Waals surface area contributed by atoms with Gasteiger partial charge in [0.1, 0.15) is 17.3 Å². The van der Waals surface area contributed by atoms with Crippen LogP contribution in [0.5, 0.6) is 0 Å². The Bertz CT molecular complexity index is 1810. The van der Waals surface area contributed by atoms with Crippen LogP contribution in [0.2, 0.25) is 0 Å². The number of nitrogens with one attached hydrogen (secondary N) is 3. The highest BCUT2D eigenvalue weighted by atomic mass is 19.1. The van der Waals surface area contributed by atoms with Gasteiger partial charge in [0.05, 0.1) is 18.7 Å². The maximum atomic E-state index is 15.2. The summed E-state index contributed by atoms with van der Waals surface area (Å²) in [6.07, 6.45) is 11.3. The number of ether oxygens (including phenoxy) is 1. The molecule has 2 atom stereocenters. The van der Waals surface area contributed by atoms with Gasteiger partial charge in [-0.05, 0) is 68.3 Å². The average molecular weight is 608 g/mol. The first kappa shape index (κ1) is 29.9. The van der Waals surface area contributed by atoms with Gasteiger partial charge < -0.3 is 15.4 Å². The van der Waals surface area contributed by atoms with Gasteiger partial charge in [-0.3, -0.25) is 29.6 Å². The Balaban J connectivity index is 1.23. The molecule has 6 rings (SSSR count). The molecular weight excluding hydrogens is 573 g/mol. The lowest BCUT2D eigenvalue weighted by Gasteiger charge is -2.39. The summed E-state index contributed by atoms with van der Waals surface area (Å²) < 4.78 is 20.8. The lowest BCUT2D eigenvalue weighted by Crippen LogP contribution is -2.55. The maximum absolute atomic E-state index is 15.2. The van der Waals surface area contributed by atoms with Crippen LogP contribution in [0.15, 0.2) is 96.4 Å². The molecule has 0 saturated carbocycles. The van der Waals surface area contributed by atoms with Crippen molar-refractivity contribution in [3.8, 4) is 11.3 Å². The molecule has 10 nitrogen and oxygen atoms in total. The molecule has 1 aromatic carbocycles. The van der Waals surface area contributed by atoms with E-state index in [1.807, 2.05) is 42.2 Å². The molecule has 0 bridgehead atoms. The van der Waals surface area contributed by atoms with Crippen molar-refractivity contribution in [3.05, 3.63) is 108 Å². The minimum absolute atomic E-state index is 0.143. The third kappa shape index (κ3) is 6.68. The molecule has 1 fully saturated rings. The Labute approximate surface area is 260 Å². The van der Waals surface area contributed by atoms with Crippen molar-refractivity contribution in [3.63, 3.8) is 0 Å². The molecule has 2 unspecified atom stereocenters. The number of aryl methyl sites for hydroxylation is 1. The molecule has 4 heterocycles. The second-order valence-corrected chi connectivity index (χ2v) is 11.2. The van der Waals surface area contributed by atoms with Crippen molar-refractivity contribution >= 4 is 28.4 Å². The molecular formula is C34H34FN7O3. The lowest BCUT2D eigenvalue weighted by atomic mass is 9.95. The molecule has 1 saturated heterocycles. The van der Waals surface area contributed by atoms with E-state index in [-0.39, 0.29) is 24.4 Å². The number of H-pyrrole nitrogens is 1. The van der Waals surface area contributed by atoms with E-state index in [9.17, 15) is 9.59 Å². The van der Waals surface area contributed by atoms with E-state index < -0.39 is 11.9 Å². The van der Waals surface area contributed by atoms with Crippen molar-refractivity contribution in [1.82, 2.24) is 30.4 Å². The number of nitrogens with zero attached hydrogens (tertiary/aromatic N) is 4. The Morgan fingerprint density at radius 3 is 2.76 bits per heavy atom. The van der Waals surface area contributed by atoms with Crippen LogP contribution in [0.4, 0.5) is 10.1 Å². The van der Waals surface area contributed by atoms with E-state index in [0.717, 1.165) is 27.9 Å². The van der Waals surface area contributed by atoms with Crippen molar-refractivity contribution in [2.45, 2.75) is 38.3 Å². The minimum Gasteiger partial charge on any atom is -0.500 e. The standard InChI is InChI=1S/C34H34FN7O3/c1-21-17-22(11-16-37-21)32-26-18-23(7-9-29(26)40-41-32)33(43)39-25-8-10-30(34(44)38-24-12-14-36-15-13-24)42(19-25)20-27-28(35)5-3-4-6-31(27)45-2/h3-5,7,9,11-18,25,30H,6,8,10,19-20H2,1-2H3,(H,39,43)(H,40,41)(H,36,38,44). The summed E-state index contributed by atoms with van der Waals surface area (Å²) in [6, 6.07) is 11.9. The topological polar surface area (TPSA) is 125 Å². The number of likely N-dealkylation sites (tertiary alicyclic amines) is 1. The number of allylic oxidation sites excluding steroid dienone is 3. The summed E-state index contributed by atoms with van der Waals surface area (Å²) in [4.78, 5) is 37.3. The van der Waals surface area contributed by atoms with Crippen LogP contribution >= 0.6 is 0 Å². The van der Waals surface area contributed by atoms with Gasteiger partial charge in [0.25, 0.3) is 5.91 Å². The van der Waals surface area contributed by atoms with Gasteiger partial charge in [0.2, 0.25) is 5.91 Å². The number of pyridine rings is 2. The molecule has 11 heteroatoms. The SMILES string of the molecule is COC1=C(CN2CC(NC(=O)c3ccc4[nH]nc(-c5ccnc(C)c5)c4c3)CCC2C(=O)Nc2ccncc2)C(F)=CC=CC1. The van der Waals surface area contributed by atoms with Gasteiger partial charge in [0, 0.05) is 77.6 Å². The number of halogens is 1. The normalized spacial score (nSPS) is 18.8. The summed E-state index contributed by atoms with van der Waals surface area (Å²) in [5.41, 5.74) is 4.85. The van der Waals surface area contributed by atoms with Crippen molar-refractivity contribution in [1.29, 1.82) is 0 Å². The van der Waals surface area contributed by atoms with Gasteiger partial charge in [0.15, 0.2) is 0 Å². The zero-order chi connectivity index (χ0) is 31.3. The van der Waals surface area contributed by atoms with E-state index in [1.54, 1.807) is 42.9 Å². The van der Waals surface area contributed by atoms with Crippen LogP contribution in [0.25, 0.3) is 22.2 Å². The molecule has 1 aliphatic carbocycles. The van der Waals surface area contributed by atoms with Gasteiger partial charge >= 0.3 is 0 Å². The summed E-state index contributed by atoms with van der Waals surface area (Å²) in [5.74, 6) is -0.341. The number of hydrogen-bond donors (Lipinski definition) is 3. The highest BCUT2D eigenvalue weighted by Gasteiger charge is 2.35. The fourth-order valence-corrected chi connectivity index (χ4v) is 5.89. The summed E-state index contributed by atoms with van der Waals surface area (Å²) in [7, 11) is 1.52. The van der Waals surface area contributed by atoms with E-state index in [4.69, 9.17) is 4.74 Å². The number of aromatic nitrogens is 4. The predicted molar refractivity (Wildman–Crippen MR) is 170 cm³/mol. The Morgan fingerprint density at radius 2 is 1.96 bits per heavy atom. The van der Waals surface area contributed by atoms with Crippen molar-refractivity contribution < 1.29 is 18.7 Å². The molecule has 2 aliphatic rings. The molecule has 45 heavy (non-hydrogen) atoms. The minimum atomic E-state index is -0.547. The third-order valence-electron chi connectivity index (χ3n) is 8.18. The van der Waals surface area contributed by atoms with Crippen LogP contribution in [0, 0.1) is 6.92 Å². The number of rotatable bonds is 8. The van der Waals surface area contributed by atoms with Crippen molar-refractivity contribution in [2.75, 3.05) is 25.5 Å². The molecule has 1 aliphatic heterocycles. The Kier molecular flexibility index (Phi) is 8.79. The van der Waals surface area contributed by atoms with E-state index >= 15 is 4.39 Å². The van der Waals surface area contributed by atoms with Crippen LogP contribution in [-0.2, 0) is 9.53 Å². The number of aromatic amines is 1. The fourth-order valence-electron chi connectivity index (χ4n) is 5.89. The largest absolute Gasteiger partial charge is 0.500 e. The molecule has 4 aromatic rings. The zero-order valence-electron chi connectivity index (χ0n) is 25.1. The van der Waals surface area contributed by atoms with Gasteiger partial charge in [-0.15, -0.1) is 0 Å².